The Morgan fingerprint density at radius 3 is 3.00 bits per heavy atom. The van der Waals surface area contributed by atoms with Gasteiger partial charge in [-0.05, 0) is 31.4 Å². The Balaban J connectivity index is 1.76. The van der Waals surface area contributed by atoms with Crippen molar-refractivity contribution in [3.05, 3.63) is 24.2 Å². The molecule has 1 saturated heterocycles. The first-order valence-electron chi connectivity index (χ1n) is 7.60. The maximum absolute atomic E-state index is 12.5. The monoisotopic (exact) mass is 291 g/mol. The molecule has 2 heterocycles. The summed E-state index contributed by atoms with van der Waals surface area (Å²) in [5.74, 6) is 0.830. The first kappa shape index (κ1) is 14.3. The highest BCUT2D eigenvalue weighted by molar-refractivity contribution is 5.87. The molecule has 0 radical (unpaired) electrons. The molecule has 1 aliphatic heterocycles. The minimum absolute atomic E-state index is 0.0147. The highest BCUT2D eigenvalue weighted by Gasteiger charge is 2.51. The molecule has 2 fully saturated rings. The van der Waals surface area contributed by atoms with E-state index in [4.69, 9.17) is 9.15 Å². The van der Waals surface area contributed by atoms with Gasteiger partial charge in [0.25, 0.3) is 0 Å². The van der Waals surface area contributed by atoms with Crippen LogP contribution in [0.3, 0.4) is 0 Å². The third kappa shape index (κ3) is 2.50. The Morgan fingerprint density at radius 1 is 1.52 bits per heavy atom. The van der Waals surface area contributed by atoms with E-state index < -0.39 is 0 Å². The quantitative estimate of drug-likeness (QED) is 0.861. The number of nitrogens with one attached hydrogen (secondary N) is 1. The summed E-state index contributed by atoms with van der Waals surface area (Å²) in [6.07, 6.45) is 2.96. The van der Waals surface area contributed by atoms with Crippen molar-refractivity contribution in [3.63, 3.8) is 0 Å². The molecule has 0 amide bonds. The fraction of sp³-hybridized carbons (Fsp3) is 0.625. The summed E-state index contributed by atoms with van der Waals surface area (Å²) in [5.41, 5.74) is 0. The predicted octanol–water partition coefficient (Wildman–Crippen LogP) is 1.88. The van der Waals surface area contributed by atoms with Crippen LogP contribution in [0.5, 0.6) is 0 Å². The van der Waals surface area contributed by atoms with Gasteiger partial charge < -0.3 is 14.5 Å². The maximum Gasteiger partial charge on any atom is 0.323 e. The lowest BCUT2D eigenvalue weighted by Gasteiger charge is -2.30. The molecule has 21 heavy (non-hydrogen) atoms. The van der Waals surface area contributed by atoms with Gasteiger partial charge in [-0.2, -0.15) is 0 Å². The summed E-state index contributed by atoms with van der Waals surface area (Å²) in [6, 6.07) is 3.42. The molecule has 0 spiro atoms. The topological polar surface area (TPSA) is 68.5 Å². The summed E-state index contributed by atoms with van der Waals surface area (Å²) >= 11 is 0. The number of Topliss-reactive ketones (excluding diaryl/α,β-unsaturated/α-hetero) is 1. The van der Waals surface area contributed by atoms with Crippen LogP contribution in [0.2, 0.25) is 0 Å². The Kier molecular flexibility index (Phi) is 3.85. The zero-order valence-corrected chi connectivity index (χ0v) is 12.4. The summed E-state index contributed by atoms with van der Waals surface area (Å²) < 4.78 is 10.5. The minimum atomic E-state index is -0.376. The summed E-state index contributed by atoms with van der Waals surface area (Å²) in [7, 11) is 0. The van der Waals surface area contributed by atoms with Crippen LogP contribution < -0.4 is 5.32 Å². The van der Waals surface area contributed by atoms with Crippen LogP contribution in [0.15, 0.2) is 22.8 Å². The van der Waals surface area contributed by atoms with E-state index in [2.05, 4.69) is 5.32 Å². The van der Waals surface area contributed by atoms with Crippen molar-refractivity contribution < 1.29 is 18.7 Å². The summed E-state index contributed by atoms with van der Waals surface area (Å²) in [4.78, 5) is 24.5. The molecule has 1 saturated carbocycles. The molecule has 0 aromatic carbocycles. The van der Waals surface area contributed by atoms with Crippen LogP contribution in [0.1, 0.15) is 38.4 Å². The minimum Gasteiger partial charge on any atom is -0.469 e. The standard InChI is InChI=1S/C16H21NO4/c1-3-20-16(19)15-9(2)14-11(17-15)7-10(8-12(14)18)13-5-4-6-21-13/h4-6,9-11,14-15,17H,3,7-8H2,1-2H3. The molecule has 1 aliphatic carbocycles. The average Bonchev–Trinajstić information content (AvgIpc) is 3.07. The third-order valence-electron chi connectivity index (χ3n) is 4.76. The average molecular weight is 291 g/mol. The van der Waals surface area contributed by atoms with E-state index in [1.807, 2.05) is 19.1 Å². The fourth-order valence-corrected chi connectivity index (χ4v) is 3.82. The summed E-state index contributed by atoms with van der Waals surface area (Å²) in [5, 5.41) is 3.31. The van der Waals surface area contributed by atoms with Crippen molar-refractivity contribution >= 4 is 11.8 Å². The Bertz CT molecular complexity index is 524. The third-order valence-corrected chi connectivity index (χ3v) is 4.76. The lowest BCUT2D eigenvalue weighted by atomic mass is 9.73. The second kappa shape index (κ2) is 5.64. The zero-order valence-electron chi connectivity index (χ0n) is 12.4. The van der Waals surface area contributed by atoms with E-state index in [1.165, 1.54) is 0 Å². The highest BCUT2D eigenvalue weighted by Crippen LogP contribution is 2.41. The molecule has 114 valence electrons. The van der Waals surface area contributed by atoms with Crippen LogP contribution in [0, 0.1) is 11.8 Å². The number of carbonyl (C=O) groups excluding carboxylic acids is 2. The molecular formula is C16H21NO4. The Hall–Kier alpha value is -1.62. The van der Waals surface area contributed by atoms with Crippen molar-refractivity contribution in [1.82, 2.24) is 5.32 Å². The molecule has 1 aromatic heterocycles. The molecular weight excluding hydrogens is 270 g/mol. The van der Waals surface area contributed by atoms with Gasteiger partial charge in [0.15, 0.2) is 0 Å². The molecule has 0 bridgehead atoms. The van der Waals surface area contributed by atoms with Crippen LogP contribution in [0.25, 0.3) is 0 Å². The molecule has 5 nitrogen and oxygen atoms in total. The van der Waals surface area contributed by atoms with Crippen molar-refractivity contribution in [2.45, 2.75) is 44.7 Å². The lowest BCUT2D eigenvalue weighted by molar-refractivity contribution is -0.146. The maximum atomic E-state index is 12.5. The second-order valence-corrected chi connectivity index (χ2v) is 6.01. The van der Waals surface area contributed by atoms with Crippen molar-refractivity contribution in [2.24, 2.45) is 11.8 Å². The van der Waals surface area contributed by atoms with E-state index in [0.717, 1.165) is 12.2 Å². The Morgan fingerprint density at radius 2 is 2.33 bits per heavy atom. The van der Waals surface area contributed by atoms with Crippen LogP contribution in [0.4, 0.5) is 0 Å². The van der Waals surface area contributed by atoms with E-state index >= 15 is 0 Å². The van der Waals surface area contributed by atoms with Crippen LogP contribution >= 0.6 is 0 Å². The van der Waals surface area contributed by atoms with E-state index in [1.54, 1.807) is 13.2 Å². The largest absolute Gasteiger partial charge is 0.469 e. The van der Waals surface area contributed by atoms with Gasteiger partial charge in [0.05, 0.1) is 12.9 Å². The number of ether oxygens (including phenoxy) is 1. The van der Waals surface area contributed by atoms with E-state index in [9.17, 15) is 9.59 Å². The fourth-order valence-electron chi connectivity index (χ4n) is 3.82. The molecule has 5 atom stereocenters. The normalized spacial score (nSPS) is 35.5. The number of rotatable bonds is 3. The van der Waals surface area contributed by atoms with Gasteiger partial charge >= 0.3 is 5.97 Å². The predicted molar refractivity (Wildman–Crippen MR) is 75.7 cm³/mol. The van der Waals surface area contributed by atoms with Gasteiger partial charge in [-0.1, -0.05) is 6.92 Å². The SMILES string of the molecule is CCOC(=O)C1NC2CC(c3ccco3)CC(=O)C2C1C. The first-order valence-corrected chi connectivity index (χ1v) is 7.60. The van der Waals surface area contributed by atoms with Crippen molar-refractivity contribution in [2.75, 3.05) is 6.61 Å². The van der Waals surface area contributed by atoms with Gasteiger partial charge in [-0.25, -0.2) is 0 Å². The smallest absolute Gasteiger partial charge is 0.323 e. The zero-order chi connectivity index (χ0) is 15.0. The van der Waals surface area contributed by atoms with Crippen LogP contribution in [-0.2, 0) is 14.3 Å². The first-order chi connectivity index (χ1) is 10.1. The van der Waals surface area contributed by atoms with Gasteiger partial charge in [0.1, 0.15) is 17.6 Å². The number of hydrogen-bond donors (Lipinski definition) is 1. The molecule has 5 heteroatoms. The molecule has 1 N–H and O–H groups in total. The highest BCUT2D eigenvalue weighted by atomic mass is 16.5. The van der Waals surface area contributed by atoms with Crippen molar-refractivity contribution in [1.29, 1.82) is 0 Å². The van der Waals surface area contributed by atoms with E-state index in [-0.39, 0.29) is 41.6 Å². The number of ketones is 1. The van der Waals surface area contributed by atoms with Crippen molar-refractivity contribution in [3.8, 4) is 0 Å². The molecule has 2 aliphatic rings. The van der Waals surface area contributed by atoms with Gasteiger partial charge in [-0.3, -0.25) is 9.59 Å². The molecule has 1 aromatic rings. The molecule has 5 unspecified atom stereocenters. The number of furan rings is 1. The Labute approximate surface area is 124 Å². The van der Waals surface area contributed by atoms with Crippen LogP contribution in [-0.4, -0.2) is 30.4 Å². The van der Waals surface area contributed by atoms with Gasteiger partial charge in [0.2, 0.25) is 0 Å². The number of carbonyl (C=O) groups is 2. The van der Waals surface area contributed by atoms with Gasteiger partial charge in [0, 0.05) is 24.3 Å². The second-order valence-electron chi connectivity index (χ2n) is 6.01. The number of hydrogen-bond acceptors (Lipinski definition) is 5. The lowest BCUT2D eigenvalue weighted by Crippen LogP contribution is -2.41. The van der Waals surface area contributed by atoms with E-state index in [0.29, 0.717) is 13.0 Å². The number of fused-ring (bicyclic) bond motifs is 1. The number of esters is 1. The summed E-state index contributed by atoms with van der Waals surface area (Å²) in [6.45, 7) is 4.12. The molecule has 3 rings (SSSR count). The van der Waals surface area contributed by atoms with Gasteiger partial charge in [-0.15, -0.1) is 0 Å².